The normalized spacial score (nSPS) is 10.3. The molecule has 76 valence electrons. The van der Waals surface area contributed by atoms with Gasteiger partial charge >= 0.3 is 0 Å². The van der Waals surface area contributed by atoms with Crippen LogP contribution in [-0.4, -0.2) is 9.97 Å². The van der Waals surface area contributed by atoms with E-state index in [1.807, 2.05) is 0 Å². The molecule has 0 bridgehead atoms. The number of rotatable bonds is 1. The molecule has 0 fully saturated rings. The smallest absolute Gasteiger partial charge is 0.134 e. The molecule has 2 rings (SSSR count). The molecule has 3 nitrogen and oxygen atoms in total. The summed E-state index contributed by atoms with van der Waals surface area (Å²) >= 11 is 0. The van der Waals surface area contributed by atoms with E-state index in [0.29, 0.717) is 5.82 Å². The first kappa shape index (κ1) is 9.65. The maximum absolute atomic E-state index is 5.81. The maximum Gasteiger partial charge on any atom is 0.134 e. The van der Waals surface area contributed by atoms with Gasteiger partial charge in [-0.25, -0.2) is 9.97 Å². The van der Waals surface area contributed by atoms with Gasteiger partial charge in [0.1, 0.15) is 12.1 Å². The minimum absolute atomic E-state index is 0.525. The summed E-state index contributed by atoms with van der Waals surface area (Å²) in [6.07, 6.45) is 3.21. The lowest BCUT2D eigenvalue weighted by Gasteiger charge is -2.08. The molecule has 0 unspecified atom stereocenters. The zero-order valence-corrected chi connectivity index (χ0v) is 8.86. The summed E-state index contributed by atoms with van der Waals surface area (Å²) in [7, 11) is 0. The third-order valence-electron chi connectivity index (χ3n) is 2.42. The number of hydrogen-bond donors (Lipinski definition) is 1. The quantitative estimate of drug-likeness (QED) is 0.767. The highest BCUT2D eigenvalue weighted by Gasteiger charge is 2.06. The van der Waals surface area contributed by atoms with Gasteiger partial charge in [0.25, 0.3) is 0 Å². The molecule has 0 aliphatic carbocycles. The fourth-order valence-corrected chi connectivity index (χ4v) is 1.66. The molecule has 0 radical (unpaired) electrons. The SMILES string of the molecule is Cc1ccc(-c2cncnc2N)c(C)c1. The Hall–Kier alpha value is -1.90. The number of benzene rings is 1. The van der Waals surface area contributed by atoms with Crippen LogP contribution in [0.3, 0.4) is 0 Å². The zero-order valence-electron chi connectivity index (χ0n) is 8.86. The zero-order chi connectivity index (χ0) is 10.8. The molecule has 1 heterocycles. The van der Waals surface area contributed by atoms with Gasteiger partial charge in [0.2, 0.25) is 0 Å². The van der Waals surface area contributed by atoms with Crippen molar-refractivity contribution >= 4 is 5.82 Å². The van der Waals surface area contributed by atoms with E-state index in [4.69, 9.17) is 5.73 Å². The first-order valence-corrected chi connectivity index (χ1v) is 4.81. The molecule has 0 aliphatic heterocycles. The van der Waals surface area contributed by atoms with E-state index in [2.05, 4.69) is 42.0 Å². The maximum atomic E-state index is 5.81. The van der Waals surface area contributed by atoms with Crippen LogP contribution >= 0.6 is 0 Å². The molecule has 0 spiro atoms. The van der Waals surface area contributed by atoms with Gasteiger partial charge in [-0.15, -0.1) is 0 Å². The first-order chi connectivity index (χ1) is 7.18. The third kappa shape index (κ3) is 1.81. The second-order valence-electron chi connectivity index (χ2n) is 3.64. The van der Waals surface area contributed by atoms with E-state index < -0.39 is 0 Å². The van der Waals surface area contributed by atoms with E-state index in [1.54, 1.807) is 6.20 Å². The Morgan fingerprint density at radius 2 is 1.93 bits per heavy atom. The minimum atomic E-state index is 0.525. The summed E-state index contributed by atoms with van der Waals surface area (Å²) in [4.78, 5) is 7.98. The number of aryl methyl sites for hydroxylation is 2. The van der Waals surface area contributed by atoms with E-state index in [1.165, 1.54) is 17.5 Å². The fourth-order valence-electron chi connectivity index (χ4n) is 1.66. The molecular formula is C12H13N3. The molecule has 3 heteroatoms. The van der Waals surface area contributed by atoms with Crippen molar-refractivity contribution in [3.8, 4) is 11.1 Å². The third-order valence-corrected chi connectivity index (χ3v) is 2.42. The standard InChI is InChI=1S/C12H13N3/c1-8-3-4-10(9(2)5-8)11-6-14-7-15-12(11)13/h3-7H,1-2H3,(H2,13,14,15). The lowest BCUT2D eigenvalue weighted by molar-refractivity contribution is 1.18. The van der Waals surface area contributed by atoms with Crippen molar-refractivity contribution in [3.05, 3.63) is 41.9 Å². The molecule has 0 saturated heterocycles. The summed E-state index contributed by atoms with van der Waals surface area (Å²) in [5, 5.41) is 0. The van der Waals surface area contributed by atoms with E-state index in [9.17, 15) is 0 Å². The second kappa shape index (κ2) is 3.69. The predicted molar refractivity (Wildman–Crippen MR) is 61.4 cm³/mol. The molecule has 2 aromatic rings. The Morgan fingerprint density at radius 1 is 1.13 bits per heavy atom. The van der Waals surface area contributed by atoms with E-state index in [0.717, 1.165) is 11.1 Å². The number of aromatic nitrogens is 2. The van der Waals surface area contributed by atoms with Crippen LogP contribution in [0.1, 0.15) is 11.1 Å². The Labute approximate surface area is 89.0 Å². The summed E-state index contributed by atoms with van der Waals surface area (Å²) in [5.74, 6) is 0.525. The van der Waals surface area contributed by atoms with Gasteiger partial charge in [0.15, 0.2) is 0 Å². The van der Waals surface area contributed by atoms with Gasteiger partial charge in [-0.2, -0.15) is 0 Å². The van der Waals surface area contributed by atoms with Crippen molar-refractivity contribution in [1.29, 1.82) is 0 Å². The van der Waals surface area contributed by atoms with Crippen molar-refractivity contribution in [2.24, 2.45) is 0 Å². The van der Waals surface area contributed by atoms with Gasteiger partial charge in [-0.05, 0) is 25.0 Å². The highest BCUT2D eigenvalue weighted by atomic mass is 14.9. The van der Waals surface area contributed by atoms with Gasteiger partial charge in [-0.1, -0.05) is 23.8 Å². The van der Waals surface area contributed by atoms with Crippen LogP contribution in [0.15, 0.2) is 30.7 Å². The van der Waals surface area contributed by atoms with Gasteiger partial charge in [-0.3, -0.25) is 0 Å². The van der Waals surface area contributed by atoms with Crippen molar-refractivity contribution < 1.29 is 0 Å². The summed E-state index contributed by atoms with van der Waals surface area (Å²) in [6.45, 7) is 4.14. The monoisotopic (exact) mass is 199 g/mol. The van der Waals surface area contributed by atoms with Crippen molar-refractivity contribution in [2.45, 2.75) is 13.8 Å². The second-order valence-corrected chi connectivity index (χ2v) is 3.64. The summed E-state index contributed by atoms with van der Waals surface area (Å²) < 4.78 is 0. The molecule has 0 amide bonds. The van der Waals surface area contributed by atoms with Crippen LogP contribution in [0.25, 0.3) is 11.1 Å². The van der Waals surface area contributed by atoms with Crippen LogP contribution in [0, 0.1) is 13.8 Å². The molecule has 0 saturated carbocycles. The molecule has 0 aliphatic rings. The first-order valence-electron chi connectivity index (χ1n) is 4.81. The molecule has 0 atom stereocenters. The predicted octanol–water partition coefficient (Wildman–Crippen LogP) is 2.34. The Balaban J connectivity index is 2.60. The number of nitrogens with zero attached hydrogens (tertiary/aromatic N) is 2. The Morgan fingerprint density at radius 3 is 2.60 bits per heavy atom. The topological polar surface area (TPSA) is 51.8 Å². The van der Waals surface area contributed by atoms with Gasteiger partial charge in [0, 0.05) is 11.8 Å². The Bertz CT molecular complexity index is 492. The number of hydrogen-bond acceptors (Lipinski definition) is 3. The van der Waals surface area contributed by atoms with E-state index in [-0.39, 0.29) is 0 Å². The number of nitrogen functional groups attached to an aromatic ring is 1. The lowest BCUT2D eigenvalue weighted by Crippen LogP contribution is -1.96. The average molecular weight is 199 g/mol. The molecular weight excluding hydrogens is 186 g/mol. The molecule has 2 N–H and O–H groups in total. The van der Waals surface area contributed by atoms with Crippen LogP contribution in [-0.2, 0) is 0 Å². The molecule has 15 heavy (non-hydrogen) atoms. The lowest BCUT2D eigenvalue weighted by atomic mass is 10.0. The number of anilines is 1. The molecule has 1 aromatic heterocycles. The number of nitrogens with two attached hydrogens (primary N) is 1. The fraction of sp³-hybridized carbons (Fsp3) is 0.167. The van der Waals surface area contributed by atoms with Crippen molar-refractivity contribution in [2.75, 3.05) is 5.73 Å². The van der Waals surface area contributed by atoms with Gasteiger partial charge in [0.05, 0.1) is 0 Å². The van der Waals surface area contributed by atoms with Crippen molar-refractivity contribution in [3.63, 3.8) is 0 Å². The Kier molecular flexibility index (Phi) is 2.37. The van der Waals surface area contributed by atoms with Crippen LogP contribution < -0.4 is 5.73 Å². The van der Waals surface area contributed by atoms with Crippen molar-refractivity contribution in [1.82, 2.24) is 9.97 Å². The van der Waals surface area contributed by atoms with Crippen LogP contribution in [0.2, 0.25) is 0 Å². The van der Waals surface area contributed by atoms with Gasteiger partial charge < -0.3 is 5.73 Å². The largest absolute Gasteiger partial charge is 0.383 e. The minimum Gasteiger partial charge on any atom is -0.383 e. The van der Waals surface area contributed by atoms with Crippen LogP contribution in [0.4, 0.5) is 5.82 Å². The van der Waals surface area contributed by atoms with Crippen LogP contribution in [0.5, 0.6) is 0 Å². The van der Waals surface area contributed by atoms with E-state index >= 15 is 0 Å². The average Bonchev–Trinajstić information content (AvgIpc) is 2.20. The summed E-state index contributed by atoms with van der Waals surface area (Å²) in [5.41, 5.74) is 10.2. The summed E-state index contributed by atoms with van der Waals surface area (Å²) in [6, 6.07) is 6.25. The highest BCUT2D eigenvalue weighted by Crippen LogP contribution is 2.26. The highest BCUT2D eigenvalue weighted by molar-refractivity contribution is 5.75. The molecule has 1 aromatic carbocycles.